The molecule has 0 N–H and O–H groups in total. The molecule has 3 heteroatoms. The molecule has 0 aliphatic carbocycles. The Morgan fingerprint density at radius 2 is 2.23 bits per heavy atom. The van der Waals surface area contributed by atoms with E-state index in [-0.39, 0.29) is 5.82 Å². The number of ether oxygens (including phenoxy) is 1. The van der Waals surface area contributed by atoms with Gasteiger partial charge in [0, 0.05) is 11.4 Å². The Morgan fingerprint density at radius 3 is 2.85 bits per heavy atom. The third-order valence-electron chi connectivity index (χ3n) is 1.53. The van der Waals surface area contributed by atoms with Gasteiger partial charge in [-0.15, -0.1) is 0 Å². The van der Waals surface area contributed by atoms with E-state index in [0.717, 1.165) is 10.9 Å². The molecule has 0 saturated carbocycles. The minimum atomic E-state index is -0.284. The van der Waals surface area contributed by atoms with Gasteiger partial charge in [0.05, 0.1) is 7.11 Å². The molecule has 0 radical (unpaired) electrons. The van der Waals surface area contributed by atoms with Crippen LogP contribution in [0, 0.1) is 5.82 Å². The van der Waals surface area contributed by atoms with E-state index in [2.05, 4.69) is 15.9 Å². The molecule has 13 heavy (non-hydrogen) atoms. The molecule has 0 heterocycles. The summed E-state index contributed by atoms with van der Waals surface area (Å²) < 4.78 is 17.8. The molecule has 1 aromatic carbocycles. The summed E-state index contributed by atoms with van der Waals surface area (Å²) >= 11 is 3.25. The van der Waals surface area contributed by atoms with E-state index in [9.17, 15) is 4.39 Å². The van der Waals surface area contributed by atoms with Crippen molar-refractivity contribution >= 4 is 22.0 Å². The molecule has 0 aliphatic rings. The minimum absolute atomic E-state index is 0.284. The normalized spacial score (nSPS) is 10.7. The maximum absolute atomic E-state index is 12.9. The van der Waals surface area contributed by atoms with Gasteiger partial charge in [-0.25, -0.2) is 4.39 Å². The Labute approximate surface area is 85.3 Å². The Bertz CT molecular complexity index is 310. The van der Waals surface area contributed by atoms with Crippen molar-refractivity contribution in [2.75, 3.05) is 12.4 Å². The Kier molecular flexibility index (Phi) is 3.96. The van der Waals surface area contributed by atoms with Crippen LogP contribution in [0.4, 0.5) is 4.39 Å². The molecule has 0 spiro atoms. The SMILES string of the molecule is COc1cc(F)cc(C=CCBr)c1. The van der Waals surface area contributed by atoms with E-state index in [1.54, 1.807) is 6.07 Å². The molecule has 0 fully saturated rings. The van der Waals surface area contributed by atoms with E-state index in [0.29, 0.717) is 5.75 Å². The van der Waals surface area contributed by atoms with Crippen molar-refractivity contribution in [3.05, 3.63) is 35.7 Å². The van der Waals surface area contributed by atoms with Gasteiger partial charge in [0.2, 0.25) is 0 Å². The first-order chi connectivity index (χ1) is 6.26. The zero-order chi connectivity index (χ0) is 9.68. The molecule has 0 atom stereocenters. The van der Waals surface area contributed by atoms with Crippen molar-refractivity contribution in [3.8, 4) is 5.75 Å². The second-order valence-corrected chi connectivity index (χ2v) is 3.13. The standard InChI is InChI=1S/C10H10BrFO/c1-13-10-6-8(3-2-4-11)5-9(12)7-10/h2-3,5-7H,4H2,1H3. The average molecular weight is 245 g/mol. The first-order valence-corrected chi connectivity index (χ1v) is 4.95. The first-order valence-electron chi connectivity index (χ1n) is 3.83. The smallest absolute Gasteiger partial charge is 0.127 e. The number of rotatable bonds is 3. The van der Waals surface area contributed by atoms with E-state index in [4.69, 9.17) is 4.74 Å². The van der Waals surface area contributed by atoms with Crippen LogP contribution in [-0.4, -0.2) is 12.4 Å². The molecule has 0 bridgehead atoms. The monoisotopic (exact) mass is 244 g/mol. The lowest BCUT2D eigenvalue weighted by Crippen LogP contribution is -1.85. The van der Waals surface area contributed by atoms with Crippen molar-refractivity contribution in [1.82, 2.24) is 0 Å². The van der Waals surface area contributed by atoms with E-state index < -0.39 is 0 Å². The van der Waals surface area contributed by atoms with Crippen LogP contribution in [0.2, 0.25) is 0 Å². The van der Waals surface area contributed by atoms with Crippen LogP contribution in [-0.2, 0) is 0 Å². The van der Waals surface area contributed by atoms with Crippen LogP contribution in [0.5, 0.6) is 5.75 Å². The van der Waals surface area contributed by atoms with Crippen LogP contribution >= 0.6 is 15.9 Å². The van der Waals surface area contributed by atoms with Gasteiger partial charge in [-0.2, -0.15) is 0 Å². The van der Waals surface area contributed by atoms with E-state index >= 15 is 0 Å². The molecule has 0 aliphatic heterocycles. The largest absolute Gasteiger partial charge is 0.497 e. The van der Waals surface area contributed by atoms with Gasteiger partial charge >= 0.3 is 0 Å². The summed E-state index contributed by atoms with van der Waals surface area (Å²) in [5.74, 6) is 0.253. The fraction of sp³-hybridized carbons (Fsp3) is 0.200. The number of allylic oxidation sites excluding steroid dienone is 1. The molecular formula is C10H10BrFO. The minimum Gasteiger partial charge on any atom is -0.497 e. The van der Waals surface area contributed by atoms with Crippen LogP contribution < -0.4 is 4.74 Å². The highest BCUT2D eigenvalue weighted by Gasteiger charge is 1.97. The van der Waals surface area contributed by atoms with Crippen LogP contribution in [0.25, 0.3) is 6.08 Å². The highest BCUT2D eigenvalue weighted by atomic mass is 79.9. The third-order valence-corrected chi connectivity index (χ3v) is 1.90. The van der Waals surface area contributed by atoms with Gasteiger partial charge in [0.15, 0.2) is 0 Å². The van der Waals surface area contributed by atoms with Gasteiger partial charge in [-0.1, -0.05) is 28.1 Å². The molecule has 1 nitrogen and oxygen atoms in total. The summed E-state index contributed by atoms with van der Waals surface area (Å²) in [5.41, 5.74) is 0.802. The highest BCUT2D eigenvalue weighted by Crippen LogP contribution is 2.16. The Balaban J connectivity index is 2.94. The van der Waals surface area contributed by atoms with Gasteiger partial charge in [0.25, 0.3) is 0 Å². The summed E-state index contributed by atoms with van der Waals surface area (Å²) in [6.45, 7) is 0. The Hall–Kier alpha value is -0.830. The lowest BCUT2D eigenvalue weighted by Gasteiger charge is -2.01. The fourth-order valence-electron chi connectivity index (χ4n) is 0.979. The van der Waals surface area contributed by atoms with Crippen LogP contribution in [0.3, 0.4) is 0 Å². The quantitative estimate of drug-likeness (QED) is 0.743. The summed E-state index contributed by atoms with van der Waals surface area (Å²) in [6, 6.07) is 4.59. The molecule has 0 aromatic heterocycles. The number of alkyl halides is 1. The molecular weight excluding hydrogens is 235 g/mol. The number of benzene rings is 1. The van der Waals surface area contributed by atoms with Crippen molar-refractivity contribution in [1.29, 1.82) is 0 Å². The zero-order valence-electron chi connectivity index (χ0n) is 7.26. The summed E-state index contributed by atoms with van der Waals surface area (Å²) in [6.07, 6.45) is 3.73. The summed E-state index contributed by atoms with van der Waals surface area (Å²) in [5, 5.41) is 0.756. The molecule has 0 amide bonds. The topological polar surface area (TPSA) is 9.23 Å². The van der Waals surface area contributed by atoms with Crippen molar-refractivity contribution in [2.45, 2.75) is 0 Å². The molecule has 1 aromatic rings. The van der Waals surface area contributed by atoms with Crippen LogP contribution in [0.1, 0.15) is 5.56 Å². The van der Waals surface area contributed by atoms with E-state index in [1.165, 1.54) is 19.2 Å². The fourth-order valence-corrected chi connectivity index (χ4v) is 1.17. The predicted molar refractivity (Wildman–Crippen MR) is 55.8 cm³/mol. The van der Waals surface area contributed by atoms with E-state index in [1.807, 2.05) is 12.2 Å². The molecule has 0 unspecified atom stereocenters. The average Bonchev–Trinajstić information content (AvgIpc) is 2.14. The Morgan fingerprint density at radius 1 is 1.46 bits per heavy atom. The first kappa shape index (κ1) is 10.3. The number of methoxy groups -OCH3 is 1. The van der Waals surface area contributed by atoms with Gasteiger partial charge in [0.1, 0.15) is 11.6 Å². The molecule has 1 rings (SSSR count). The van der Waals surface area contributed by atoms with Crippen molar-refractivity contribution in [3.63, 3.8) is 0 Å². The van der Waals surface area contributed by atoms with Gasteiger partial charge in [-0.3, -0.25) is 0 Å². The molecule has 0 saturated heterocycles. The summed E-state index contributed by atoms with van der Waals surface area (Å²) in [4.78, 5) is 0. The second-order valence-electron chi connectivity index (χ2n) is 2.48. The van der Waals surface area contributed by atoms with Crippen molar-refractivity contribution < 1.29 is 9.13 Å². The van der Waals surface area contributed by atoms with Crippen LogP contribution in [0.15, 0.2) is 24.3 Å². The summed E-state index contributed by atoms with van der Waals surface area (Å²) in [7, 11) is 1.52. The predicted octanol–water partition coefficient (Wildman–Crippen LogP) is 3.24. The second kappa shape index (κ2) is 5.02. The lowest BCUT2D eigenvalue weighted by atomic mass is 10.2. The zero-order valence-corrected chi connectivity index (χ0v) is 8.84. The van der Waals surface area contributed by atoms with Gasteiger partial charge in [-0.05, 0) is 17.7 Å². The number of hydrogen-bond donors (Lipinski definition) is 0. The number of halogens is 2. The van der Waals surface area contributed by atoms with Crippen molar-refractivity contribution in [2.24, 2.45) is 0 Å². The third kappa shape index (κ3) is 3.19. The van der Waals surface area contributed by atoms with Gasteiger partial charge < -0.3 is 4.74 Å². The number of hydrogen-bond acceptors (Lipinski definition) is 1. The lowest BCUT2D eigenvalue weighted by molar-refractivity contribution is 0.411. The molecule has 70 valence electrons. The maximum Gasteiger partial charge on any atom is 0.127 e. The maximum atomic E-state index is 12.9. The highest BCUT2D eigenvalue weighted by molar-refractivity contribution is 9.09.